The van der Waals surface area contributed by atoms with Gasteiger partial charge in [0.15, 0.2) is 0 Å². The molecule has 1 aromatic heterocycles. The van der Waals surface area contributed by atoms with Crippen molar-refractivity contribution in [3.63, 3.8) is 0 Å². The molecule has 0 aliphatic rings. The van der Waals surface area contributed by atoms with E-state index in [0.717, 1.165) is 15.3 Å². The number of aromatic carboxylic acids is 1. The van der Waals surface area contributed by atoms with Crippen molar-refractivity contribution in [3.05, 3.63) is 58.4 Å². The molecule has 3 aromatic rings. The molecule has 2 aromatic carbocycles. The monoisotopic (exact) mass is 392 g/mol. The fourth-order valence-corrected chi connectivity index (χ4v) is 4.44. The van der Waals surface area contributed by atoms with Crippen LogP contribution in [0.5, 0.6) is 5.75 Å². The summed E-state index contributed by atoms with van der Waals surface area (Å²) in [7, 11) is 0. The summed E-state index contributed by atoms with van der Waals surface area (Å²) in [4.78, 5) is 10.9. The summed E-state index contributed by atoms with van der Waals surface area (Å²) < 4.78 is 4.63. The molecule has 5 nitrogen and oxygen atoms in total. The highest BCUT2D eigenvalue weighted by molar-refractivity contribution is 8.02. The lowest BCUT2D eigenvalue weighted by Gasteiger charge is -2.05. The molecule has 0 amide bonds. The standard InChI is InChI=1S/C17H13ClN2O3S2/c18-16-13(9-2-1-3-10(19)6-9)8-15(24-16)25-20-11-4-5-12(17(22)23)14(21)7-11/h1-8,20-21H,19H2,(H,22,23). The molecule has 25 heavy (non-hydrogen) atoms. The molecule has 0 saturated carbocycles. The van der Waals surface area contributed by atoms with Crippen molar-refractivity contribution in [1.29, 1.82) is 0 Å². The number of carbonyl (C=O) groups is 1. The molecular weight excluding hydrogens is 380 g/mol. The van der Waals surface area contributed by atoms with E-state index in [4.69, 9.17) is 22.4 Å². The van der Waals surface area contributed by atoms with Gasteiger partial charge in [-0.25, -0.2) is 4.79 Å². The molecule has 0 bridgehead atoms. The third-order valence-corrected chi connectivity index (χ3v) is 5.67. The number of aromatic hydroxyl groups is 1. The van der Waals surface area contributed by atoms with Crippen molar-refractivity contribution >= 4 is 52.2 Å². The summed E-state index contributed by atoms with van der Waals surface area (Å²) in [6.45, 7) is 0. The van der Waals surface area contributed by atoms with Crippen LogP contribution >= 0.6 is 34.9 Å². The minimum absolute atomic E-state index is 0.140. The lowest BCUT2D eigenvalue weighted by atomic mass is 10.1. The second kappa shape index (κ2) is 7.26. The number of nitrogen functional groups attached to an aromatic ring is 1. The maximum absolute atomic E-state index is 10.9. The van der Waals surface area contributed by atoms with Crippen molar-refractivity contribution < 1.29 is 15.0 Å². The molecule has 8 heteroatoms. The molecule has 3 rings (SSSR count). The number of phenols is 1. The van der Waals surface area contributed by atoms with Crippen LogP contribution in [0.15, 0.2) is 52.7 Å². The summed E-state index contributed by atoms with van der Waals surface area (Å²) in [6.07, 6.45) is 0. The molecule has 0 spiro atoms. The number of hydrogen-bond donors (Lipinski definition) is 4. The average Bonchev–Trinajstić information content (AvgIpc) is 2.93. The number of carboxylic acid groups (broad SMARTS) is 1. The van der Waals surface area contributed by atoms with Crippen LogP contribution < -0.4 is 10.5 Å². The zero-order valence-corrected chi connectivity index (χ0v) is 15.1. The summed E-state index contributed by atoms with van der Waals surface area (Å²) in [5, 5.41) is 18.6. The number of hydrogen-bond acceptors (Lipinski definition) is 6. The normalized spacial score (nSPS) is 10.6. The van der Waals surface area contributed by atoms with Crippen LogP contribution in [0.25, 0.3) is 11.1 Å². The largest absolute Gasteiger partial charge is 0.507 e. The predicted octanol–water partition coefficient (Wildman–Crippen LogP) is 5.17. The Kier molecular flexibility index (Phi) is 5.08. The Hall–Kier alpha value is -2.35. The van der Waals surface area contributed by atoms with E-state index in [2.05, 4.69) is 4.72 Å². The highest BCUT2D eigenvalue weighted by Gasteiger charge is 2.12. The zero-order valence-electron chi connectivity index (χ0n) is 12.7. The van der Waals surface area contributed by atoms with Crippen molar-refractivity contribution in [2.24, 2.45) is 0 Å². The maximum atomic E-state index is 10.9. The Morgan fingerprint density at radius 1 is 1.20 bits per heavy atom. The number of carboxylic acids is 1. The number of nitrogens with one attached hydrogen (secondary N) is 1. The number of thiophene rings is 1. The Morgan fingerprint density at radius 3 is 2.68 bits per heavy atom. The first-order valence-electron chi connectivity index (χ1n) is 7.08. The minimum Gasteiger partial charge on any atom is -0.507 e. The van der Waals surface area contributed by atoms with Crippen molar-refractivity contribution in [1.82, 2.24) is 0 Å². The number of nitrogens with two attached hydrogens (primary N) is 1. The molecule has 5 N–H and O–H groups in total. The molecule has 0 radical (unpaired) electrons. The van der Waals surface area contributed by atoms with Gasteiger partial charge in [-0.2, -0.15) is 0 Å². The quantitative estimate of drug-likeness (QED) is 0.353. The number of rotatable bonds is 5. The van der Waals surface area contributed by atoms with E-state index in [9.17, 15) is 9.90 Å². The fourth-order valence-electron chi connectivity index (χ4n) is 2.19. The summed E-state index contributed by atoms with van der Waals surface area (Å²) in [5.41, 5.74) is 8.76. The average molecular weight is 393 g/mol. The van der Waals surface area contributed by atoms with Crippen LogP contribution in [0.4, 0.5) is 11.4 Å². The highest BCUT2D eigenvalue weighted by Crippen LogP contribution is 2.40. The SMILES string of the molecule is Nc1cccc(-c2cc(SNc3ccc(C(=O)O)c(O)c3)sc2Cl)c1. The van der Waals surface area contributed by atoms with Crippen molar-refractivity contribution in [3.8, 4) is 16.9 Å². The fraction of sp³-hybridized carbons (Fsp3) is 0. The number of anilines is 2. The van der Waals surface area contributed by atoms with E-state index in [-0.39, 0.29) is 11.3 Å². The van der Waals surface area contributed by atoms with Gasteiger partial charge in [0, 0.05) is 23.0 Å². The second-order valence-corrected chi connectivity index (χ2v) is 7.88. The molecule has 1 heterocycles. The smallest absolute Gasteiger partial charge is 0.339 e. The Morgan fingerprint density at radius 2 is 2.00 bits per heavy atom. The first kappa shape index (κ1) is 17.5. The van der Waals surface area contributed by atoms with E-state index in [0.29, 0.717) is 15.7 Å². The number of benzene rings is 2. The van der Waals surface area contributed by atoms with Gasteiger partial charge in [-0.1, -0.05) is 23.7 Å². The van der Waals surface area contributed by atoms with Gasteiger partial charge in [-0.05, 0) is 47.8 Å². The minimum atomic E-state index is -1.17. The third kappa shape index (κ3) is 4.01. The number of halogens is 1. The lowest BCUT2D eigenvalue weighted by molar-refractivity contribution is 0.0694. The maximum Gasteiger partial charge on any atom is 0.339 e. The molecule has 0 saturated heterocycles. The molecule has 0 atom stereocenters. The molecule has 0 unspecified atom stereocenters. The summed E-state index contributed by atoms with van der Waals surface area (Å²) >= 11 is 9.07. The van der Waals surface area contributed by atoms with E-state index in [1.807, 2.05) is 30.3 Å². The predicted molar refractivity (Wildman–Crippen MR) is 104 cm³/mol. The van der Waals surface area contributed by atoms with Gasteiger partial charge >= 0.3 is 5.97 Å². The van der Waals surface area contributed by atoms with Crippen LogP contribution in [-0.2, 0) is 0 Å². The molecule has 0 fully saturated rings. The van der Waals surface area contributed by atoms with E-state index < -0.39 is 5.97 Å². The summed E-state index contributed by atoms with van der Waals surface area (Å²) in [6, 6.07) is 13.7. The Bertz CT molecular complexity index is 943. The van der Waals surface area contributed by atoms with Crippen LogP contribution in [0.1, 0.15) is 10.4 Å². The topological polar surface area (TPSA) is 95.6 Å². The molecule has 0 aliphatic heterocycles. The van der Waals surface area contributed by atoms with E-state index in [1.54, 1.807) is 6.07 Å². The first-order valence-corrected chi connectivity index (χ1v) is 9.09. The van der Waals surface area contributed by atoms with Crippen LogP contribution in [0.2, 0.25) is 4.34 Å². The van der Waals surface area contributed by atoms with Gasteiger partial charge in [0.2, 0.25) is 0 Å². The van der Waals surface area contributed by atoms with Gasteiger partial charge in [-0.3, -0.25) is 0 Å². The summed E-state index contributed by atoms with van der Waals surface area (Å²) in [5.74, 6) is -1.46. The lowest BCUT2D eigenvalue weighted by Crippen LogP contribution is -1.97. The van der Waals surface area contributed by atoms with Gasteiger partial charge in [0.25, 0.3) is 0 Å². The third-order valence-electron chi connectivity index (χ3n) is 3.36. The first-order chi connectivity index (χ1) is 11.9. The molecule has 128 valence electrons. The highest BCUT2D eigenvalue weighted by atomic mass is 35.5. The van der Waals surface area contributed by atoms with Crippen LogP contribution in [0.3, 0.4) is 0 Å². The van der Waals surface area contributed by atoms with Crippen molar-refractivity contribution in [2.75, 3.05) is 10.5 Å². The van der Waals surface area contributed by atoms with Crippen molar-refractivity contribution in [2.45, 2.75) is 4.21 Å². The van der Waals surface area contributed by atoms with E-state index in [1.165, 1.54) is 35.4 Å². The van der Waals surface area contributed by atoms with E-state index >= 15 is 0 Å². The Balaban J connectivity index is 1.75. The van der Waals surface area contributed by atoms with Gasteiger partial charge in [0.1, 0.15) is 15.6 Å². The molecule has 0 aliphatic carbocycles. The van der Waals surface area contributed by atoms with Crippen LogP contribution in [0, 0.1) is 0 Å². The second-order valence-electron chi connectivity index (χ2n) is 5.12. The van der Waals surface area contributed by atoms with Gasteiger partial charge in [-0.15, -0.1) is 11.3 Å². The van der Waals surface area contributed by atoms with Gasteiger partial charge in [0.05, 0.1) is 4.21 Å². The van der Waals surface area contributed by atoms with Gasteiger partial charge < -0.3 is 20.7 Å². The zero-order chi connectivity index (χ0) is 18.0. The van der Waals surface area contributed by atoms with Crippen LogP contribution in [-0.4, -0.2) is 16.2 Å². The molecular formula is C17H13ClN2O3S2. The Labute approximate surface area is 157 Å².